The van der Waals surface area contributed by atoms with Crippen molar-refractivity contribution in [3.05, 3.63) is 200 Å². The Bertz CT molecular complexity index is 2600. The number of anilines is 3. The van der Waals surface area contributed by atoms with E-state index in [2.05, 4.69) is 193 Å². The molecule has 1 aromatic heterocycles. The molecule has 0 atom stereocenters. The van der Waals surface area contributed by atoms with Crippen molar-refractivity contribution in [3.8, 4) is 44.5 Å². The maximum Gasteiger partial charge on any atom is 0.143 e. The van der Waals surface area contributed by atoms with Gasteiger partial charge < -0.3 is 9.32 Å². The maximum atomic E-state index is 6.57. The lowest BCUT2D eigenvalue weighted by Crippen LogP contribution is -2.12. The van der Waals surface area contributed by atoms with Crippen LogP contribution in [0.4, 0.5) is 17.1 Å². The largest absolute Gasteiger partial charge is 0.455 e. The van der Waals surface area contributed by atoms with Gasteiger partial charge in [-0.2, -0.15) is 0 Å². The Morgan fingerprint density at radius 1 is 0.300 bits per heavy atom. The van der Waals surface area contributed by atoms with Crippen molar-refractivity contribution >= 4 is 39.0 Å². The van der Waals surface area contributed by atoms with E-state index in [1.165, 1.54) is 27.8 Å². The first-order valence-electron chi connectivity index (χ1n) is 17.0. The molecule has 0 unspecified atom stereocenters. The van der Waals surface area contributed by atoms with E-state index in [4.69, 9.17) is 4.42 Å². The Labute approximate surface area is 292 Å². The summed E-state index contributed by atoms with van der Waals surface area (Å²) in [5, 5.41) is 2.24. The van der Waals surface area contributed by atoms with E-state index < -0.39 is 0 Å². The second-order valence-electron chi connectivity index (χ2n) is 12.4. The van der Waals surface area contributed by atoms with Crippen LogP contribution < -0.4 is 4.90 Å². The molecule has 0 saturated heterocycles. The topological polar surface area (TPSA) is 16.4 Å². The van der Waals surface area contributed by atoms with Crippen LogP contribution in [0, 0.1) is 0 Å². The molecule has 0 radical (unpaired) electrons. The number of hydrogen-bond acceptors (Lipinski definition) is 2. The molecule has 2 nitrogen and oxygen atoms in total. The summed E-state index contributed by atoms with van der Waals surface area (Å²) in [5.74, 6) is 0. The standard InChI is InChI=1S/C48H33NO/c1-3-18-34(19-4-1)36-22-7-8-23-37(36)38-24-9-10-25-39(38)40-26-11-14-31-45(40)49(35-20-5-2-6-21-35)46-32-15-12-27-41(46)43-29-17-30-44-42-28-13-16-33-47(42)50-48(43)44/h1-33H. The van der Waals surface area contributed by atoms with Crippen LogP contribution in [0.2, 0.25) is 0 Å². The van der Waals surface area contributed by atoms with E-state index in [1.54, 1.807) is 0 Å². The van der Waals surface area contributed by atoms with Crippen molar-refractivity contribution in [2.75, 3.05) is 4.90 Å². The first-order chi connectivity index (χ1) is 24.8. The van der Waals surface area contributed by atoms with Crippen molar-refractivity contribution in [3.63, 3.8) is 0 Å². The summed E-state index contributed by atoms with van der Waals surface area (Å²) >= 11 is 0. The van der Waals surface area contributed by atoms with Gasteiger partial charge in [0.15, 0.2) is 0 Å². The highest BCUT2D eigenvalue weighted by Crippen LogP contribution is 2.48. The van der Waals surface area contributed by atoms with Crippen molar-refractivity contribution in [1.82, 2.24) is 0 Å². The summed E-state index contributed by atoms with van der Waals surface area (Å²) < 4.78 is 6.57. The minimum Gasteiger partial charge on any atom is -0.455 e. The summed E-state index contributed by atoms with van der Waals surface area (Å²) in [5.41, 5.74) is 14.3. The molecule has 0 aliphatic carbocycles. The van der Waals surface area contributed by atoms with Crippen LogP contribution in [-0.2, 0) is 0 Å². The highest BCUT2D eigenvalue weighted by atomic mass is 16.3. The number of nitrogens with zero attached hydrogens (tertiary/aromatic N) is 1. The van der Waals surface area contributed by atoms with Crippen LogP contribution in [0.1, 0.15) is 0 Å². The molecule has 1 heterocycles. The SMILES string of the molecule is c1ccc(-c2ccccc2-c2ccccc2-c2ccccc2N(c2ccccc2)c2ccccc2-c2cccc3c2oc2ccccc23)cc1. The molecular weight excluding hydrogens is 607 g/mol. The average molecular weight is 640 g/mol. The number of furan rings is 1. The molecule has 236 valence electrons. The molecule has 9 aromatic rings. The van der Waals surface area contributed by atoms with Gasteiger partial charge in [0.1, 0.15) is 11.2 Å². The van der Waals surface area contributed by atoms with E-state index in [9.17, 15) is 0 Å². The van der Waals surface area contributed by atoms with Gasteiger partial charge in [-0.15, -0.1) is 0 Å². The van der Waals surface area contributed by atoms with E-state index in [-0.39, 0.29) is 0 Å². The Balaban J connectivity index is 1.27. The lowest BCUT2D eigenvalue weighted by molar-refractivity contribution is 0.670. The van der Waals surface area contributed by atoms with Crippen LogP contribution in [0.15, 0.2) is 205 Å². The fraction of sp³-hybridized carbons (Fsp3) is 0. The number of benzene rings is 8. The third kappa shape index (κ3) is 5.15. The molecule has 0 saturated carbocycles. The molecule has 0 spiro atoms. The van der Waals surface area contributed by atoms with Gasteiger partial charge >= 0.3 is 0 Å². The van der Waals surface area contributed by atoms with Gasteiger partial charge in [-0.3, -0.25) is 0 Å². The molecule has 8 aromatic carbocycles. The van der Waals surface area contributed by atoms with E-state index >= 15 is 0 Å². The van der Waals surface area contributed by atoms with Crippen LogP contribution in [0.25, 0.3) is 66.4 Å². The third-order valence-electron chi connectivity index (χ3n) is 9.52. The highest BCUT2D eigenvalue weighted by molar-refractivity contribution is 6.11. The van der Waals surface area contributed by atoms with Crippen molar-refractivity contribution in [1.29, 1.82) is 0 Å². The molecule has 0 aliphatic rings. The Morgan fingerprint density at radius 2 is 0.740 bits per heavy atom. The summed E-state index contributed by atoms with van der Waals surface area (Å²) in [6, 6.07) is 71.0. The van der Waals surface area contributed by atoms with Gasteiger partial charge in [-0.1, -0.05) is 170 Å². The molecule has 9 rings (SSSR count). The molecule has 0 amide bonds. The molecule has 0 fully saturated rings. The Morgan fingerprint density at radius 3 is 1.42 bits per heavy atom. The van der Waals surface area contributed by atoms with Crippen LogP contribution in [0.5, 0.6) is 0 Å². The number of rotatable bonds is 7. The van der Waals surface area contributed by atoms with Gasteiger partial charge in [0, 0.05) is 33.2 Å². The van der Waals surface area contributed by atoms with Crippen molar-refractivity contribution in [2.45, 2.75) is 0 Å². The zero-order chi connectivity index (χ0) is 33.3. The fourth-order valence-electron chi connectivity index (χ4n) is 7.28. The predicted octanol–water partition coefficient (Wildman–Crippen LogP) is 13.7. The van der Waals surface area contributed by atoms with Gasteiger partial charge in [-0.05, 0) is 58.1 Å². The lowest BCUT2D eigenvalue weighted by Gasteiger charge is -2.30. The van der Waals surface area contributed by atoms with Crippen LogP contribution >= 0.6 is 0 Å². The Hall–Kier alpha value is -6.64. The molecule has 0 N–H and O–H groups in total. The number of hydrogen-bond donors (Lipinski definition) is 0. The highest BCUT2D eigenvalue weighted by Gasteiger charge is 2.23. The van der Waals surface area contributed by atoms with Gasteiger partial charge in [-0.25, -0.2) is 0 Å². The number of fused-ring (bicyclic) bond motifs is 3. The first-order valence-corrected chi connectivity index (χ1v) is 17.0. The van der Waals surface area contributed by atoms with E-state index in [0.29, 0.717) is 0 Å². The van der Waals surface area contributed by atoms with Crippen LogP contribution in [0.3, 0.4) is 0 Å². The molecular formula is C48H33NO. The summed E-state index contributed by atoms with van der Waals surface area (Å²) in [6.07, 6.45) is 0. The lowest BCUT2D eigenvalue weighted by atomic mass is 9.88. The minimum atomic E-state index is 0.894. The smallest absolute Gasteiger partial charge is 0.143 e. The second kappa shape index (κ2) is 12.8. The van der Waals surface area contributed by atoms with Crippen molar-refractivity contribution in [2.24, 2.45) is 0 Å². The van der Waals surface area contributed by atoms with Gasteiger partial charge in [0.05, 0.1) is 11.4 Å². The third-order valence-corrected chi connectivity index (χ3v) is 9.52. The molecule has 2 heteroatoms. The zero-order valence-electron chi connectivity index (χ0n) is 27.4. The quantitative estimate of drug-likeness (QED) is 0.173. The Kier molecular flexibility index (Phi) is 7.53. The fourth-order valence-corrected chi connectivity index (χ4v) is 7.28. The second-order valence-corrected chi connectivity index (χ2v) is 12.4. The number of para-hydroxylation sites is 5. The normalized spacial score (nSPS) is 11.2. The molecule has 50 heavy (non-hydrogen) atoms. The van der Waals surface area contributed by atoms with Crippen LogP contribution in [-0.4, -0.2) is 0 Å². The van der Waals surface area contributed by atoms with Gasteiger partial charge in [0.2, 0.25) is 0 Å². The zero-order valence-corrected chi connectivity index (χ0v) is 27.4. The van der Waals surface area contributed by atoms with Gasteiger partial charge in [0.25, 0.3) is 0 Å². The summed E-state index contributed by atoms with van der Waals surface area (Å²) in [6.45, 7) is 0. The summed E-state index contributed by atoms with van der Waals surface area (Å²) in [7, 11) is 0. The maximum absolute atomic E-state index is 6.57. The predicted molar refractivity (Wildman–Crippen MR) is 210 cm³/mol. The molecule has 0 aliphatic heterocycles. The first kappa shape index (κ1) is 29.5. The monoisotopic (exact) mass is 639 g/mol. The van der Waals surface area contributed by atoms with Crippen molar-refractivity contribution < 1.29 is 4.42 Å². The molecule has 0 bridgehead atoms. The van der Waals surface area contributed by atoms with E-state index in [0.717, 1.165) is 55.7 Å². The average Bonchev–Trinajstić information content (AvgIpc) is 3.58. The summed E-state index contributed by atoms with van der Waals surface area (Å²) in [4.78, 5) is 2.39. The van der Waals surface area contributed by atoms with E-state index in [1.807, 2.05) is 12.1 Å². The minimum absolute atomic E-state index is 0.894.